The van der Waals surface area contributed by atoms with Gasteiger partial charge in [0.1, 0.15) is 17.5 Å². The molecule has 0 aliphatic carbocycles. The molecule has 2 amide bonds. The van der Waals surface area contributed by atoms with Crippen molar-refractivity contribution < 1.29 is 18.8 Å². The molecule has 0 unspecified atom stereocenters. The van der Waals surface area contributed by atoms with Gasteiger partial charge in [0.25, 0.3) is 0 Å². The number of carbonyl (C=O) groups is 1. The third kappa shape index (κ3) is 3.87. The van der Waals surface area contributed by atoms with Gasteiger partial charge in [0.2, 0.25) is 11.7 Å². The number of urea groups is 1. The van der Waals surface area contributed by atoms with E-state index in [4.69, 9.17) is 14.0 Å². The van der Waals surface area contributed by atoms with Crippen molar-refractivity contribution in [2.24, 2.45) is 0 Å². The Labute approximate surface area is 168 Å². The maximum Gasteiger partial charge on any atom is 0.322 e. The van der Waals surface area contributed by atoms with Gasteiger partial charge in [-0.1, -0.05) is 23.4 Å². The molecule has 1 saturated heterocycles. The van der Waals surface area contributed by atoms with E-state index in [9.17, 15) is 4.79 Å². The Balaban J connectivity index is 1.53. The first-order chi connectivity index (χ1) is 14.2. The van der Waals surface area contributed by atoms with E-state index in [-0.39, 0.29) is 12.1 Å². The number of benzene rings is 2. The number of rotatable bonds is 5. The molecule has 1 aliphatic heterocycles. The van der Waals surface area contributed by atoms with E-state index in [1.807, 2.05) is 42.5 Å². The molecule has 0 radical (unpaired) electrons. The smallest absolute Gasteiger partial charge is 0.322 e. The predicted octanol–water partition coefficient (Wildman–Crippen LogP) is 4.12. The summed E-state index contributed by atoms with van der Waals surface area (Å²) in [6.45, 7) is 0.618. The molecule has 0 saturated carbocycles. The minimum absolute atomic E-state index is 0.210. The molecule has 8 nitrogen and oxygen atoms in total. The normalized spacial score (nSPS) is 15.9. The lowest BCUT2D eigenvalue weighted by Crippen LogP contribution is -2.34. The van der Waals surface area contributed by atoms with Crippen molar-refractivity contribution >= 4 is 11.7 Å². The molecule has 1 aliphatic rings. The van der Waals surface area contributed by atoms with E-state index in [1.165, 1.54) is 0 Å². The van der Waals surface area contributed by atoms with Crippen LogP contribution < -0.4 is 14.8 Å². The van der Waals surface area contributed by atoms with Crippen LogP contribution in [0.3, 0.4) is 0 Å². The molecule has 1 atom stereocenters. The maximum absolute atomic E-state index is 12.8. The molecule has 29 heavy (non-hydrogen) atoms. The van der Waals surface area contributed by atoms with Crippen molar-refractivity contribution in [3.63, 3.8) is 0 Å². The molecule has 0 bridgehead atoms. The molecule has 1 aromatic heterocycles. The Hall–Kier alpha value is -3.55. The first kappa shape index (κ1) is 18.8. The second-order valence-electron chi connectivity index (χ2n) is 6.67. The molecule has 0 spiro atoms. The zero-order valence-corrected chi connectivity index (χ0v) is 16.3. The van der Waals surface area contributed by atoms with Crippen molar-refractivity contribution in [3.05, 3.63) is 54.4 Å². The van der Waals surface area contributed by atoms with Crippen LogP contribution in [0.25, 0.3) is 11.4 Å². The van der Waals surface area contributed by atoms with Gasteiger partial charge in [-0.2, -0.15) is 4.98 Å². The highest BCUT2D eigenvalue weighted by molar-refractivity contribution is 5.90. The highest BCUT2D eigenvalue weighted by atomic mass is 16.5. The zero-order chi connectivity index (χ0) is 20.2. The minimum atomic E-state index is -0.267. The molecule has 1 N–H and O–H groups in total. The lowest BCUT2D eigenvalue weighted by atomic mass is 10.2. The molecule has 4 rings (SSSR count). The number of likely N-dealkylation sites (tertiary alicyclic amines) is 1. The molecular weight excluding hydrogens is 372 g/mol. The summed E-state index contributed by atoms with van der Waals surface area (Å²) in [6.07, 6.45) is 1.63. The number of para-hydroxylation sites is 1. The van der Waals surface area contributed by atoms with Crippen LogP contribution in [0.5, 0.6) is 11.5 Å². The quantitative estimate of drug-likeness (QED) is 0.700. The summed E-state index contributed by atoms with van der Waals surface area (Å²) >= 11 is 0. The highest BCUT2D eigenvalue weighted by Gasteiger charge is 2.34. The Morgan fingerprint density at radius 2 is 2.03 bits per heavy atom. The van der Waals surface area contributed by atoms with E-state index >= 15 is 0 Å². The third-order valence-corrected chi connectivity index (χ3v) is 4.91. The number of anilines is 1. The van der Waals surface area contributed by atoms with Gasteiger partial charge in [0, 0.05) is 18.3 Å². The fourth-order valence-electron chi connectivity index (χ4n) is 3.47. The van der Waals surface area contributed by atoms with Gasteiger partial charge in [-0.3, -0.25) is 0 Å². The summed E-state index contributed by atoms with van der Waals surface area (Å²) in [7, 11) is 3.19. The number of nitrogens with one attached hydrogen (secondary N) is 1. The largest absolute Gasteiger partial charge is 0.497 e. The molecular formula is C21H22N4O4. The number of aromatic nitrogens is 2. The molecule has 8 heteroatoms. The lowest BCUT2D eigenvalue weighted by Gasteiger charge is -2.22. The number of methoxy groups -OCH3 is 2. The van der Waals surface area contributed by atoms with Gasteiger partial charge in [0.15, 0.2) is 0 Å². The van der Waals surface area contributed by atoms with Crippen LogP contribution in [0.1, 0.15) is 24.8 Å². The fraction of sp³-hybridized carbons (Fsp3) is 0.286. The topological polar surface area (TPSA) is 89.7 Å². The fourth-order valence-corrected chi connectivity index (χ4v) is 3.47. The maximum atomic E-state index is 12.8. The zero-order valence-electron chi connectivity index (χ0n) is 16.3. The van der Waals surface area contributed by atoms with Gasteiger partial charge < -0.3 is 24.2 Å². The molecule has 1 fully saturated rings. The van der Waals surface area contributed by atoms with Crippen molar-refractivity contribution in [3.8, 4) is 22.9 Å². The Morgan fingerprint density at radius 3 is 2.86 bits per heavy atom. The average Bonchev–Trinajstić information content (AvgIpc) is 3.43. The van der Waals surface area contributed by atoms with Gasteiger partial charge in [0.05, 0.1) is 19.8 Å². The standard InChI is InChI=1S/C21H22N4O4/c1-27-15-8-5-7-14(13-15)22-21(26)25-12-6-10-17(25)20-23-19(24-29-20)16-9-3-4-11-18(16)28-2/h3-5,7-9,11,13,17H,6,10,12H2,1-2H3,(H,22,26)/t17-/m0/s1. The first-order valence-electron chi connectivity index (χ1n) is 9.38. The highest BCUT2D eigenvalue weighted by Crippen LogP contribution is 2.34. The second kappa shape index (κ2) is 8.22. The third-order valence-electron chi connectivity index (χ3n) is 4.91. The summed E-state index contributed by atoms with van der Waals surface area (Å²) in [6, 6.07) is 14.2. The van der Waals surface area contributed by atoms with Gasteiger partial charge in [-0.25, -0.2) is 4.79 Å². The number of carbonyl (C=O) groups excluding carboxylic acids is 1. The van der Waals surface area contributed by atoms with E-state index in [1.54, 1.807) is 25.2 Å². The SMILES string of the molecule is COc1cccc(NC(=O)N2CCC[C@H]2c2nc(-c3ccccc3OC)no2)c1. The molecule has 150 valence electrons. The van der Waals surface area contributed by atoms with E-state index in [0.717, 1.165) is 18.4 Å². The number of nitrogens with zero attached hydrogens (tertiary/aromatic N) is 3. The van der Waals surface area contributed by atoms with Gasteiger partial charge in [-0.15, -0.1) is 0 Å². The Bertz CT molecular complexity index is 1000. The second-order valence-corrected chi connectivity index (χ2v) is 6.67. The van der Waals surface area contributed by atoms with Crippen LogP contribution in [0.4, 0.5) is 10.5 Å². The molecule has 2 aromatic carbocycles. The van der Waals surface area contributed by atoms with Crippen molar-refractivity contribution in [2.45, 2.75) is 18.9 Å². The molecule has 3 aromatic rings. The summed E-state index contributed by atoms with van der Waals surface area (Å²) < 4.78 is 16.1. The summed E-state index contributed by atoms with van der Waals surface area (Å²) in [5, 5.41) is 7.01. The van der Waals surface area contributed by atoms with Crippen LogP contribution in [0.2, 0.25) is 0 Å². The van der Waals surface area contributed by atoms with Crippen molar-refractivity contribution in [1.82, 2.24) is 15.0 Å². The molecule has 2 heterocycles. The van der Waals surface area contributed by atoms with Crippen LogP contribution >= 0.6 is 0 Å². The summed E-state index contributed by atoms with van der Waals surface area (Å²) in [4.78, 5) is 19.1. The number of hydrogen-bond acceptors (Lipinski definition) is 6. The first-order valence-corrected chi connectivity index (χ1v) is 9.38. The van der Waals surface area contributed by atoms with E-state index in [2.05, 4.69) is 15.5 Å². The number of ether oxygens (including phenoxy) is 2. The van der Waals surface area contributed by atoms with E-state index in [0.29, 0.717) is 35.4 Å². The van der Waals surface area contributed by atoms with Crippen LogP contribution in [-0.4, -0.2) is 41.8 Å². The Morgan fingerprint density at radius 1 is 1.17 bits per heavy atom. The van der Waals surface area contributed by atoms with Crippen LogP contribution in [0, 0.1) is 0 Å². The predicted molar refractivity (Wildman–Crippen MR) is 107 cm³/mol. The summed E-state index contributed by atoms with van der Waals surface area (Å²) in [5.41, 5.74) is 1.41. The monoisotopic (exact) mass is 394 g/mol. The number of amides is 2. The van der Waals surface area contributed by atoms with E-state index < -0.39 is 0 Å². The Kier molecular flexibility index (Phi) is 5.33. The van der Waals surface area contributed by atoms with Crippen molar-refractivity contribution in [2.75, 3.05) is 26.1 Å². The van der Waals surface area contributed by atoms with Gasteiger partial charge >= 0.3 is 6.03 Å². The minimum Gasteiger partial charge on any atom is -0.497 e. The van der Waals surface area contributed by atoms with Crippen LogP contribution in [-0.2, 0) is 0 Å². The van der Waals surface area contributed by atoms with Crippen LogP contribution in [0.15, 0.2) is 53.1 Å². The summed E-state index contributed by atoms with van der Waals surface area (Å²) in [5.74, 6) is 2.21. The average molecular weight is 394 g/mol. The van der Waals surface area contributed by atoms with Crippen molar-refractivity contribution in [1.29, 1.82) is 0 Å². The number of hydrogen-bond donors (Lipinski definition) is 1. The van der Waals surface area contributed by atoms with Gasteiger partial charge in [-0.05, 0) is 37.1 Å². The lowest BCUT2D eigenvalue weighted by molar-refractivity contribution is 0.193.